The normalized spacial score (nSPS) is 12.2. The molecule has 0 aliphatic heterocycles. The summed E-state index contributed by atoms with van der Waals surface area (Å²) in [5, 5.41) is 0. The molecule has 0 amide bonds. The minimum absolute atomic E-state index is 0.148. The Morgan fingerprint density at radius 1 is 1.43 bits per heavy atom. The number of hydrogen-bond acceptors (Lipinski definition) is 5. The van der Waals surface area contributed by atoms with Gasteiger partial charge >= 0.3 is 5.97 Å². The number of nitrogens with zero attached hydrogens (tertiary/aromatic N) is 1. The standard InChI is InChI=1S/C16H26N2O3/c1-5-21-16(19)8-9-18(3)12(2)10-13-6-7-15(20-4)14(17)11-13/h6-7,11-12H,5,8-10,17H2,1-4H3. The van der Waals surface area contributed by atoms with Gasteiger partial charge in [-0.05, 0) is 45.0 Å². The molecule has 1 aromatic carbocycles. The number of carbonyl (C=O) groups is 1. The minimum atomic E-state index is -0.148. The molecule has 0 heterocycles. The highest BCUT2D eigenvalue weighted by Crippen LogP contribution is 2.23. The van der Waals surface area contributed by atoms with Crippen molar-refractivity contribution in [1.82, 2.24) is 4.90 Å². The molecule has 0 radical (unpaired) electrons. The van der Waals surface area contributed by atoms with Gasteiger partial charge in [0, 0.05) is 12.6 Å². The summed E-state index contributed by atoms with van der Waals surface area (Å²) < 4.78 is 10.1. The van der Waals surface area contributed by atoms with Gasteiger partial charge in [0.05, 0.1) is 25.8 Å². The highest BCUT2D eigenvalue weighted by molar-refractivity contribution is 5.69. The average molecular weight is 294 g/mol. The van der Waals surface area contributed by atoms with Crippen LogP contribution in [0, 0.1) is 0 Å². The maximum Gasteiger partial charge on any atom is 0.307 e. The van der Waals surface area contributed by atoms with Crippen LogP contribution in [0.15, 0.2) is 18.2 Å². The molecule has 2 N–H and O–H groups in total. The molecular formula is C16H26N2O3. The van der Waals surface area contributed by atoms with Gasteiger partial charge in [-0.1, -0.05) is 6.07 Å². The summed E-state index contributed by atoms with van der Waals surface area (Å²) in [6.45, 7) is 5.07. The number of benzene rings is 1. The van der Waals surface area contributed by atoms with E-state index in [-0.39, 0.29) is 5.97 Å². The van der Waals surface area contributed by atoms with E-state index in [1.54, 1.807) is 7.11 Å². The van der Waals surface area contributed by atoms with Gasteiger partial charge in [0.25, 0.3) is 0 Å². The van der Waals surface area contributed by atoms with Gasteiger partial charge in [0.2, 0.25) is 0 Å². The summed E-state index contributed by atoms with van der Waals surface area (Å²) in [6, 6.07) is 6.15. The Balaban J connectivity index is 2.50. The molecule has 1 rings (SSSR count). The second-order valence-electron chi connectivity index (χ2n) is 5.17. The average Bonchev–Trinajstić information content (AvgIpc) is 2.45. The quantitative estimate of drug-likeness (QED) is 0.587. The van der Waals surface area contributed by atoms with Crippen LogP contribution in [0.25, 0.3) is 0 Å². The van der Waals surface area contributed by atoms with Crippen LogP contribution in [0.3, 0.4) is 0 Å². The largest absolute Gasteiger partial charge is 0.495 e. The number of nitrogen functional groups attached to an aromatic ring is 1. The molecule has 0 aliphatic rings. The zero-order valence-corrected chi connectivity index (χ0v) is 13.4. The number of carbonyl (C=O) groups excluding carboxylic acids is 1. The maximum absolute atomic E-state index is 11.4. The fraction of sp³-hybridized carbons (Fsp3) is 0.562. The van der Waals surface area contributed by atoms with Crippen LogP contribution in [0.2, 0.25) is 0 Å². The summed E-state index contributed by atoms with van der Waals surface area (Å²) in [6.07, 6.45) is 1.28. The Kier molecular flexibility index (Phi) is 7.02. The molecule has 0 saturated heterocycles. The number of ether oxygens (including phenoxy) is 2. The van der Waals surface area contributed by atoms with Gasteiger partial charge in [-0.25, -0.2) is 0 Å². The second-order valence-corrected chi connectivity index (χ2v) is 5.17. The molecule has 0 aromatic heterocycles. The SMILES string of the molecule is CCOC(=O)CCN(C)C(C)Cc1ccc(OC)c(N)c1. The van der Waals surface area contributed by atoms with E-state index >= 15 is 0 Å². The first-order valence-corrected chi connectivity index (χ1v) is 7.26. The summed E-state index contributed by atoms with van der Waals surface area (Å²) in [5.41, 5.74) is 7.72. The van der Waals surface area contributed by atoms with E-state index in [9.17, 15) is 4.79 Å². The molecule has 5 heteroatoms. The first-order chi connectivity index (χ1) is 9.97. The highest BCUT2D eigenvalue weighted by Gasteiger charge is 2.13. The molecule has 0 spiro atoms. The molecule has 0 aliphatic carbocycles. The topological polar surface area (TPSA) is 64.8 Å². The number of likely N-dealkylation sites (N-methyl/N-ethyl adjacent to an activating group) is 1. The Bertz CT molecular complexity index is 463. The van der Waals surface area contributed by atoms with E-state index in [1.807, 2.05) is 32.2 Å². The maximum atomic E-state index is 11.4. The Hall–Kier alpha value is -1.75. The van der Waals surface area contributed by atoms with Crippen LogP contribution in [0.5, 0.6) is 5.75 Å². The number of rotatable bonds is 8. The molecule has 118 valence electrons. The van der Waals surface area contributed by atoms with E-state index < -0.39 is 0 Å². The second kappa shape index (κ2) is 8.52. The molecule has 0 bridgehead atoms. The van der Waals surface area contributed by atoms with E-state index in [1.165, 1.54) is 0 Å². The van der Waals surface area contributed by atoms with Crippen molar-refractivity contribution in [2.24, 2.45) is 0 Å². The van der Waals surface area contributed by atoms with Gasteiger partial charge in [0.15, 0.2) is 0 Å². The molecule has 0 saturated carbocycles. The van der Waals surface area contributed by atoms with Crippen molar-refractivity contribution in [3.8, 4) is 5.75 Å². The van der Waals surface area contributed by atoms with E-state index in [4.69, 9.17) is 15.2 Å². The first-order valence-electron chi connectivity index (χ1n) is 7.26. The smallest absolute Gasteiger partial charge is 0.307 e. The van der Waals surface area contributed by atoms with Crippen LogP contribution in [0.1, 0.15) is 25.8 Å². The lowest BCUT2D eigenvalue weighted by molar-refractivity contribution is -0.143. The lowest BCUT2D eigenvalue weighted by atomic mass is 10.0. The third kappa shape index (κ3) is 5.63. The van der Waals surface area contributed by atoms with Gasteiger partial charge in [-0.2, -0.15) is 0 Å². The Morgan fingerprint density at radius 2 is 2.14 bits per heavy atom. The number of esters is 1. The van der Waals surface area contributed by atoms with Crippen molar-refractivity contribution in [3.05, 3.63) is 23.8 Å². The predicted molar refractivity (Wildman–Crippen MR) is 84.5 cm³/mol. The monoisotopic (exact) mass is 294 g/mol. The number of methoxy groups -OCH3 is 1. The zero-order chi connectivity index (χ0) is 15.8. The molecule has 1 aromatic rings. The molecule has 1 unspecified atom stereocenters. The van der Waals surface area contributed by atoms with Gasteiger partial charge < -0.3 is 20.1 Å². The van der Waals surface area contributed by atoms with Crippen LogP contribution in [-0.4, -0.2) is 44.2 Å². The number of hydrogen-bond donors (Lipinski definition) is 1. The highest BCUT2D eigenvalue weighted by atomic mass is 16.5. The van der Waals surface area contributed by atoms with Crippen LogP contribution in [0.4, 0.5) is 5.69 Å². The van der Waals surface area contributed by atoms with Crippen LogP contribution < -0.4 is 10.5 Å². The summed E-state index contributed by atoms with van der Waals surface area (Å²) >= 11 is 0. The minimum Gasteiger partial charge on any atom is -0.495 e. The molecule has 1 atom stereocenters. The van der Waals surface area contributed by atoms with E-state index in [2.05, 4.69) is 11.8 Å². The zero-order valence-electron chi connectivity index (χ0n) is 13.4. The summed E-state index contributed by atoms with van der Waals surface area (Å²) in [7, 11) is 3.62. The number of nitrogens with two attached hydrogens (primary N) is 1. The summed E-state index contributed by atoms with van der Waals surface area (Å²) in [4.78, 5) is 13.5. The molecular weight excluding hydrogens is 268 g/mol. The lowest BCUT2D eigenvalue weighted by Crippen LogP contribution is -2.33. The van der Waals surface area contributed by atoms with Crippen LogP contribution >= 0.6 is 0 Å². The van der Waals surface area contributed by atoms with Gasteiger partial charge in [0.1, 0.15) is 5.75 Å². The van der Waals surface area contributed by atoms with Crippen molar-refractivity contribution in [1.29, 1.82) is 0 Å². The predicted octanol–water partition coefficient (Wildman–Crippen LogP) is 2.09. The molecule has 0 fully saturated rings. The third-order valence-corrected chi connectivity index (χ3v) is 3.55. The molecule has 5 nitrogen and oxygen atoms in total. The van der Waals surface area contributed by atoms with Crippen molar-refractivity contribution in [3.63, 3.8) is 0 Å². The van der Waals surface area contributed by atoms with Crippen LogP contribution in [-0.2, 0) is 16.0 Å². The third-order valence-electron chi connectivity index (χ3n) is 3.55. The lowest BCUT2D eigenvalue weighted by Gasteiger charge is -2.24. The van der Waals surface area contributed by atoms with Crippen molar-refractivity contribution in [2.45, 2.75) is 32.7 Å². The molecule has 21 heavy (non-hydrogen) atoms. The van der Waals surface area contributed by atoms with Gasteiger partial charge in [-0.15, -0.1) is 0 Å². The van der Waals surface area contributed by atoms with Gasteiger partial charge in [-0.3, -0.25) is 4.79 Å². The van der Waals surface area contributed by atoms with Crippen molar-refractivity contribution >= 4 is 11.7 Å². The number of anilines is 1. The van der Waals surface area contributed by atoms with E-state index in [0.29, 0.717) is 37.1 Å². The Morgan fingerprint density at radius 3 is 2.71 bits per heavy atom. The fourth-order valence-corrected chi connectivity index (χ4v) is 2.13. The summed E-state index contributed by atoms with van der Waals surface area (Å²) in [5.74, 6) is 0.548. The van der Waals surface area contributed by atoms with E-state index in [0.717, 1.165) is 12.0 Å². The first kappa shape index (κ1) is 17.3. The van der Waals surface area contributed by atoms with Crippen molar-refractivity contribution in [2.75, 3.05) is 33.0 Å². The van der Waals surface area contributed by atoms with Crippen molar-refractivity contribution < 1.29 is 14.3 Å². The fourth-order valence-electron chi connectivity index (χ4n) is 2.13. The Labute approximate surface area is 127 Å².